The van der Waals surface area contributed by atoms with Crippen LogP contribution in [-0.2, 0) is 6.54 Å². The van der Waals surface area contributed by atoms with Crippen LogP contribution in [0.25, 0.3) is 0 Å². The van der Waals surface area contributed by atoms with Crippen LogP contribution in [0.5, 0.6) is 0 Å². The quantitative estimate of drug-likeness (QED) is 0.855. The summed E-state index contributed by atoms with van der Waals surface area (Å²) in [4.78, 5) is 0. The normalized spacial score (nSPS) is 24.2. The average Bonchev–Trinajstić information content (AvgIpc) is 2.32. The average molecular weight is 270 g/mol. The van der Waals surface area contributed by atoms with E-state index in [0.29, 0.717) is 5.02 Å². The first-order valence-corrected chi connectivity index (χ1v) is 7.17. The van der Waals surface area contributed by atoms with Crippen molar-refractivity contribution in [2.24, 2.45) is 11.8 Å². The molecule has 1 aliphatic carbocycles. The summed E-state index contributed by atoms with van der Waals surface area (Å²) in [5.41, 5.74) is 0.974. The van der Waals surface area contributed by atoms with Gasteiger partial charge in [0.05, 0.1) is 0 Å². The second-order valence-corrected chi connectivity index (χ2v) is 5.91. The predicted octanol–water partition coefficient (Wildman–Crippen LogP) is 4.40. The maximum Gasteiger partial charge on any atom is 0.124 e. The third-order valence-corrected chi connectivity index (χ3v) is 4.16. The summed E-state index contributed by atoms with van der Waals surface area (Å²) in [5.74, 6) is 1.37. The molecule has 1 fully saturated rings. The molecular weight excluding hydrogens is 249 g/mol. The van der Waals surface area contributed by atoms with Crippen LogP contribution in [-0.4, -0.2) is 6.54 Å². The van der Waals surface area contributed by atoms with E-state index in [1.165, 1.54) is 37.8 Å². The highest BCUT2D eigenvalue weighted by atomic mass is 35.5. The van der Waals surface area contributed by atoms with E-state index >= 15 is 0 Å². The largest absolute Gasteiger partial charge is 0.312 e. The van der Waals surface area contributed by atoms with E-state index in [2.05, 4.69) is 12.2 Å². The molecular formula is C15H21ClFN. The Bertz CT molecular complexity index is 394. The van der Waals surface area contributed by atoms with Crippen LogP contribution < -0.4 is 5.32 Å². The number of rotatable bonds is 4. The smallest absolute Gasteiger partial charge is 0.124 e. The molecule has 2 rings (SSSR count). The zero-order valence-corrected chi connectivity index (χ0v) is 11.6. The third kappa shape index (κ3) is 3.96. The van der Waals surface area contributed by atoms with Crippen molar-refractivity contribution < 1.29 is 4.39 Å². The summed E-state index contributed by atoms with van der Waals surface area (Å²) < 4.78 is 12.9. The molecule has 1 aromatic carbocycles. The Morgan fingerprint density at radius 1 is 1.39 bits per heavy atom. The summed E-state index contributed by atoms with van der Waals surface area (Å²) >= 11 is 5.99. The first kappa shape index (κ1) is 13.8. The topological polar surface area (TPSA) is 12.0 Å². The van der Waals surface area contributed by atoms with Crippen LogP contribution in [0, 0.1) is 17.7 Å². The molecule has 1 N–H and O–H groups in total. The minimum Gasteiger partial charge on any atom is -0.312 e. The van der Waals surface area contributed by atoms with Crippen molar-refractivity contribution in [3.63, 3.8) is 0 Å². The maximum absolute atomic E-state index is 12.9. The van der Waals surface area contributed by atoms with Crippen LogP contribution in [0.1, 0.15) is 38.2 Å². The molecule has 0 spiro atoms. The van der Waals surface area contributed by atoms with Gasteiger partial charge in [-0.25, -0.2) is 4.39 Å². The Morgan fingerprint density at radius 2 is 2.22 bits per heavy atom. The minimum atomic E-state index is -0.273. The van der Waals surface area contributed by atoms with Gasteiger partial charge >= 0.3 is 0 Å². The fourth-order valence-electron chi connectivity index (χ4n) is 2.82. The van der Waals surface area contributed by atoms with Crippen molar-refractivity contribution in [3.8, 4) is 0 Å². The number of hydrogen-bond donors (Lipinski definition) is 1. The summed E-state index contributed by atoms with van der Waals surface area (Å²) in [7, 11) is 0. The van der Waals surface area contributed by atoms with Gasteiger partial charge in [0.1, 0.15) is 5.82 Å². The number of benzene rings is 1. The molecule has 0 amide bonds. The number of nitrogens with one attached hydrogen (secondary N) is 1. The van der Waals surface area contributed by atoms with Gasteiger partial charge in [-0.2, -0.15) is 0 Å². The second kappa shape index (κ2) is 6.53. The number of halogens is 2. The minimum absolute atomic E-state index is 0.273. The van der Waals surface area contributed by atoms with Gasteiger partial charge in [-0.15, -0.1) is 0 Å². The lowest BCUT2D eigenvalue weighted by molar-refractivity contribution is 0.274. The zero-order chi connectivity index (χ0) is 13.0. The summed E-state index contributed by atoms with van der Waals surface area (Å²) in [5, 5.41) is 3.96. The molecule has 1 saturated carbocycles. The van der Waals surface area contributed by atoms with Crippen LogP contribution in [0.2, 0.25) is 5.02 Å². The first-order valence-electron chi connectivity index (χ1n) is 6.80. The number of hydrogen-bond acceptors (Lipinski definition) is 1. The van der Waals surface area contributed by atoms with Gasteiger partial charge in [-0.1, -0.05) is 37.4 Å². The van der Waals surface area contributed by atoms with Crippen LogP contribution >= 0.6 is 11.6 Å². The molecule has 18 heavy (non-hydrogen) atoms. The van der Waals surface area contributed by atoms with E-state index in [9.17, 15) is 4.39 Å². The molecule has 0 saturated heterocycles. The van der Waals surface area contributed by atoms with Crippen LogP contribution in [0.15, 0.2) is 18.2 Å². The van der Waals surface area contributed by atoms with Crippen molar-refractivity contribution >= 4 is 11.6 Å². The molecule has 2 atom stereocenters. The SMILES string of the molecule is CC1CCCC(CNCc2ccc(F)cc2Cl)C1. The predicted molar refractivity (Wildman–Crippen MR) is 74.2 cm³/mol. The molecule has 1 nitrogen and oxygen atoms in total. The Morgan fingerprint density at radius 3 is 2.94 bits per heavy atom. The van der Waals surface area contributed by atoms with Crippen molar-refractivity contribution in [1.82, 2.24) is 5.32 Å². The van der Waals surface area contributed by atoms with Gasteiger partial charge in [0, 0.05) is 11.6 Å². The Kier molecular flexibility index (Phi) is 5.02. The van der Waals surface area contributed by atoms with Gasteiger partial charge in [-0.3, -0.25) is 0 Å². The fourth-order valence-corrected chi connectivity index (χ4v) is 3.06. The second-order valence-electron chi connectivity index (χ2n) is 5.50. The van der Waals surface area contributed by atoms with Crippen LogP contribution in [0.4, 0.5) is 4.39 Å². The van der Waals surface area contributed by atoms with E-state index in [1.807, 2.05) is 0 Å². The monoisotopic (exact) mass is 269 g/mol. The molecule has 0 aromatic heterocycles. The lowest BCUT2D eigenvalue weighted by Gasteiger charge is -2.26. The van der Waals surface area contributed by atoms with Gasteiger partial charge in [-0.05, 0) is 48.9 Å². The molecule has 1 aromatic rings. The molecule has 3 heteroatoms. The standard InChI is InChI=1S/C15H21ClFN/c1-11-3-2-4-12(7-11)9-18-10-13-5-6-14(17)8-15(13)16/h5-6,8,11-12,18H,2-4,7,9-10H2,1H3. The van der Waals surface area contributed by atoms with E-state index in [0.717, 1.165) is 30.5 Å². The van der Waals surface area contributed by atoms with Crippen molar-refractivity contribution in [3.05, 3.63) is 34.6 Å². The van der Waals surface area contributed by atoms with Gasteiger partial charge < -0.3 is 5.32 Å². The lowest BCUT2D eigenvalue weighted by atomic mass is 9.82. The van der Waals surface area contributed by atoms with Gasteiger partial charge in [0.2, 0.25) is 0 Å². The molecule has 1 aliphatic rings. The third-order valence-electron chi connectivity index (χ3n) is 3.81. The van der Waals surface area contributed by atoms with Gasteiger partial charge in [0.15, 0.2) is 0 Å². The van der Waals surface area contributed by atoms with Crippen molar-refractivity contribution in [2.75, 3.05) is 6.54 Å². The molecule has 0 bridgehead atoms. The van der Waals surface area contributed by atoms with Gasteiger partial charge in [0.25, 0.3) is 0 Å². The Labute approximate surface area is 114 Å². The lowest BCUT2D eigenvalue weighted by Crippen LogP contribution is -2.26. The van der Waals surface area contributed by atoms with E-state index in [4.69, 9.17) is 11.6 Å². The highest BCUT2D eigenvalue weighted by molar-refractivity contribution is 6.31. The summed E-state index contributed by atoms with van der Waals surface area (Å²) in [6.07, 6.45) is 5.38. The Balaban J connectivity index is 1.77. The summed E-state index contributed by atoms with van der Waals surface area (Å²) in [6.45, 7) is 4.10. The fraction of sp³-hybridized carbons (Fsp3) is 0.600. The molecule has 0 heterocycles. The molecule has 100 valence electrons. The molecule has 2 unspecified atom stereocenters. The van der Waals surface area contributed by atoms with Crippen LogP contribution in [0.3, 0.4) is 0 Å². The van der Waals surface area contributed by atoms with E-state index in [-0.39, 0.29) is 5.82 Å². The Hall–Kier alpha value is -0.600. The molecule has 0 radical (unpaired) electrons. The highest BCUT2D eigenvalue weighted by Crippen LogP contribution is 2.28. The van der Waals surface area contributed by atoms with Crippen molar-refractivity contribution in [1.29, 1.82) is 0 Å². The zero-order valence-electron chi connectivity index (χ0n) is 10.9. The first-order chi connectivity index (χ1) is 8.65. The summed E-state index contributed by atoms with van der Waals surface area (Å²) in [6, 6.07) is 4.60. The van der Waals surface area contributed by atoms with Crippen molar-refractivity contribution in [2.45, 2.75) is 39.2 Å². The highest BCUT2D eigenvalue weighted by Gasteiger charge is 2.18. The van der Waals surface area contributed by atoms with E-state index < -0.39 is 0 Å². The van der Waals surface area contributed by atoms with E-state index in [1.54, 1.807) is 6.07 Å². The maximum atomic E-state index is 12.9. The molecule has 0 aliphatic heterocycles.